The van der Waals surface area contributed by atoms with Crippen molar-refractivity contribution in [2.45, 2.75) is 20.0 Å². The van der Waals surface area contributed by atoms with Gasteiger partial charge in [-0.2, -0.15) is 0 Å². The van der Waals surface area contributed by atoms with Gasteiger partial charge in [0.1, 0.15) is 5.69 Å². The highest BCUT2D eigenvalue weighted by Crippen LogP contribution is 1.91. The van der Waals surface area contributed by atoms with Gasteiger partial charge in [-0.25, -0.2) is 10.5 Å². The summed E-state index contributed by atoms with van der Waals surface area (Å²) in [5.41, 5.74) is 2.66. The lowest BCUT2D eigenvalue weighted by Gasteiger charge is -2.06. The molecule has 0 aromatic carbocycles. The van der Waals surface area contributed by atoms with Crippen LogP contribution in [0.25, 0.3) is 0 Å². The SMILES string of the molecule is CC(C)ONC(=O)c1cnc[nH]1. The standard InChI is InChI=1S/C7H11N3O2/c1-5(2)12-10-7(11)6-3-8-4-9-6/h3-5H,1-2H3,(H,8,9)(H,10,11). The second-order valence-electron chi connectivity index (χ2n) is 2.56. The van der Waals surface area contributed by atoms with Crippen LogP contribution in [0.1, 0.15) is 24.3 Å². The lowest BCUT2D eigenvalue weighted by atomic mass is 10.5. The molecule has 0 radical (unpaired) electrons. The zero-order valence-electron chi connectivity index (χ0n) is 7.00. The van der Waals surface area contributed by atoms with E-state index in [1.165, 1.54) is 12.5 Å². The molecule has 5 heteroatoms. The molecule has 0 unspecified atom stereocenters. The van der Waals surface area contributed by atoms with Crippen LogP contribution in [-0.4, -0.2) is 22.0 Å². The molecule has 1 amide bonds. The first-order valence-electron chi connectivity index (χ1n) is 3.64. The third-order valence-corrected chi connectivity index (χ3v) is 1.13. The Labute approximate surface area is 70.1 Å². The van der Waals surface area contributed by atoms with Gasteiger partial charge in [-0.3, -0.25) is 9.63 Å². The number of imidazole rings is 1. The summed E-state index contributed by atoms with van der Waals surface area (Å²) < 4.78 is 0. The molecule has 0 aliphatic carbocycles. The summed E-state index contributed by atoms with van der Waals surface area (Å²) in [7, 11) is 0. The van der Waals surface area contributed by atoms with Crippen molar-refractivity contribution in [1.82, 2.24) is 15.4 Å². The highest BCUT2D eigenvalue weighted by molar-refractivity contribution is 5.91. The summed E-state index contributed by atoms with van der Waals surface area (Å²) in [6.07, 6.45) is 2.83. The minimum Gasteiger partial charge on any atom is -0.341 e. The van der Waals surface area contributed by atoms with E-state index in [9.17, 15) is 4.79 Å². The molecule has 0 aliphatic heterocycles. The fourth-order valence-corrected chi connectivity index (χ4v) is 0.606. The molecule has 0 aliphatic rings. The van der Waals surface area contributed by atoms with E-state index in [1.807, 2.05) is 13.8 Å². The third-order valence-electron chi connectivity index (χ3n) is 1.13. The summed E-state index contributed by atoms with van der Waals surface area (Å²) in [5.74, 6) is -0.318. The average molecular weight is 169 g/mol. The van der Waals surface area contributed by atoms with Crippen LogP contribution in [0, 0.1) is 0 Å². The number of nitrogens with one attached hydrogen (secondary N) is 2. The molecular formula is C7H11N3O2. The molecule has 0 saturated heterocycles. The molecule has 1 rings (SSSR count). The number of carbonyl (C=O) groups excluding carboxylic acids is 1. The van der Waals surface area contributed by atoms with E-state index in [2.05, 4.69) is 15.4 Å². The largest absolute Gasteiger partial charge is 0.341 e. The Balaban J connectivity index is 2.40. The number of nitrogens with zero attached hydrogens (tertiary/aromatic N) is 1. The fraction of sp³-hybridized carbons (Fsp3) is 0.429. The zero-order chi connectivity index (χ0) is 8.97. The number of amides is 1. The molecule has 0 saturated carbocycles. The van der Waals surface area contributed by atoms with E-state index in [-0.39, 0.29) is 12.0 Å². The van der Waals surface area contributed by atoms with Crippen LogP contribution in [0.4, 0.5) is 0 Å². The molecule has 66 valence electrons. The summed E-state index contributed by atoms with van der Waals surface area (Å²) in [6, 6.07) is 0. The highest BCUT2D eigenvalue weighted by Gasteiger charge is 2.06. The number of rotatable bonds is 3. The molecule has 0 spiro atoms. The van der Waals surface area contributed by atoms with E-state index < -0.39 is 0 Å². The molecule has 5 nitrogen and oxygen atoms in total. The van der Waals surface area contributed by atoms with Crippen molar-refractivity contribution >= 4 is 5.91 Å². The fourth-order valence-electron chi connectivity index (χ4n) is 0.606. The maximum absolute atomic E-state index is 11.1. The Hall–Kier alpha value is -1.36. The van der Waals surface area contributed by atoms with Crippen molar-refractivity contribution in [3.8, 4) is 0 Å². The summed E-state index contributed by atoms with van der Waals surface area (Å²) in [4.78, 5) is 22.3. The Morgan fingerprint density at radius 1 is 1.75 bits per heavy atom. The van der Waals surface area contributed by atoms with Crippen molar-refractivity contribution in [2.24, 2.45) is 0 Å². The van der Waals surface area contributed by atoms with Crippen molar-refractivity contribution < 1.29 is 9.63 Å². The molecule has 0 bridgehead atoms. The number of aromatic nitrogens is 2. The van der Waals surface area contributed by atoms with E-state index in [0.717, 1.165) is 0 Å². The van der Waals surface area contributed by atoms with Crippen molar-refractivity contribution in [2.75, 3.05) is 0 Å². The van der Waals surface area contributed by atoms with Gasteiger partial charge in [0, 0.05) is 0 Å². The molecule has 2 N–H and O–H groups in total. The molecule has 1 aromatic heterocycles. The monoisotopic (exact) mass is 169 g/mol. The van der Waals surface area contributed by atoms with Gasteiger partial charge in [0.15, 0.2) is 0 Å². The predicted octanol–water partition coefficient (Wildman–Crippen LogP) is 0.480. The predicted molar refractivity (Wildman–Crippen MR) is 42.3 cm³/mol. The van der Waals surface area contributed by atoms with Crippen LogP contribution in [0.3, 0.4) is 0 Å². The van der Waals surface area contributed by atoms with Crippen LogP contribution in [0.5, 0.6) is 0 Å². The first-order chi connectivity index (χ1) is 5.70. The van der Waals surface area contributed by atoms with Crippen molar-refractivity contribution in [3.63, 3.8) is 0 Å². The maximum Gasteiger partial charge on any atom is 0.292 e. The number of hydrogen-bond acceptors (Lipinski definition) is 3. The van der Waals surface area contributed by atoms with Gasteiger partial charge in [0.2, 0.25) is 0 Å². The smallest absolute Gasteiger partial charge is 0.292 e. The third kappa shape index (κ3) is 2.35. The van der Waals surface area contributed by atoms with E-state index >= 15 is 0 Å². The van der Waals surface area contributed by atoms with Gasteiger partial charge in [-0.1, -0.05) is 0 Å². The molecule has 0 atom stereocenters. The first kappa shape index (κ1) is 8.73. The summed E-state index contributed by atoms with van der Waals surface area (Å²) in [6.45, 7) is 3.65. The van der Waals surface area contributed by atoms with Crippen LogP contribution < -0.4 is 5.48 Å². The second kappa shape index (κ2) is 3.87. The number of aromatic amines is 1. The molecular weight excluding hydrogens is 158 g/mol. The molecule has 1 heterocycles. The molecule has 1 aromatic rings. The minimum atomic E-state index is -0.318. The van der Waals surface area contributed by atoms with Gasteiger partial charge >= 0.3 is 0 Å². The average Bonchev–Trinajstić information content (AvgIpc) is 2.51. The zero-order valence-corrected chi connectivity index (χ0v) is 7.00. The van der Waals surface area contributed by atoms with E-state index in [1.54, 1.807) is 0 Å². The first-order valence-corrected chi connectivity index (χ1v) is 3.64. The summed E-state index contributed by atoms with van der Waals surface area (Å²) in [5, 5.41) is 0. The molecule has 12 heavy (non-hydrogen) atoms. The normalized spacial score (nSPS) is 10.2. The number of hydroxylamine groups is 1. The van der Waals surface area contributed by atoms with Crippen molar-refractivity contribution in [3.05, 3.63) is 18.2 Å². The van der Waals surface area contributed by atoms with Gasteiger partial charge in [0.25, 0.3) is 5.91 Å². The Morgan fingerprint density at radius 2 is 2.50 bits per heavy atom. The minimum absolute atomic E-state index is 0.0307. The number of carbonyl (C=O) groups is 1. The Morgan fingerprint density at radius 3 is 3.00 bits per heavy atom. The van der Waals surface area contributed by atoms with Crippen LogP contribution in [0.2, 0.25) is 0 Å². The lowest BCUT2D eigenvalue weighted by Crippen LogP contribution is -2.27. The van der Waals surface area contributed by atoms with Crippen LogP contribution >= 0.6 is 0 Å². The van der Waals surface area contributed by atoms with E-state index in [0.29, 0.717) is 5.69 Å². The Kier molecular flexibility index (Phi) is 2.82. The molecule has 0 fully saturated rings. The Bertz CT molecular complexity index is 243. The summed E-state index contributed by atoms with van der Waals surface area (Å²) >= 11 is 0. The van der Waals surface area contributed by atoms with Gasteiger partial charge < -0.3 is 4.98 Å². The number of H-pyrrole nitrogens is 1. The maximum atomic E-state index is 11.1. The highest BCUT2D eigenvalue weighted by atomic mass is 16.7. The lowest BCUT2D eigenvalue weighted by molar-refractivity contribution is -0.000105. The second-order valence-corrected chi connectivity index (χ2v) is 2.56. The van der Waals surface area contributed by atoms with Gasteiger partial charge in [-0.15, -0.1) is 0 Å². The van der Waals surface area contributed by atoms with Gasteiger partial charge in [0.05, 0.1) is 18.6 Å². The van der Waals surface area contributed by atoms with Crippen LogP contribution in [-0.2, 0) is 4.84 Å². The van der Waals surface area contributed by atoms with Gasteiger partial charge in [-0.05, 0) is 13.8 Å². The van der Waals surface area contributed by atoms with Crippen molar-refractivity contribution in [1.29, 1.82) is 0 Å². The van der Waals surface area contributed by atoms with Crippen LogP contribution in [0.15, 0.2) is 12.5 Å². The number of hydrogen-bond donors (Lipinski definition) is 2. The van der Waals surface area contributed by atoms with E-state index in [4.69, 9.17) is 4.84 Å². The quantitative estimate of drug-likeness (QED) is 0.647. The topological polar surface area (TPSA) is 67.0 Å².